The van der Waals surface area contributed by atoms with Crippen LogP contribution in [-0.4, -0.2) is 31.9 Å². The molecule has 3 rings (SSSR count). The molecule has 0 atom stereocenters. The van der Waals surface area contributed by atoms with Gasteiger partial charge in [0, 0.05) is 6.42 Å². The minimum Gasteiger partial charge on any atom is -0.325 e. The molecule has 0 saturated heterocycles. The Morgan fingerprint density at radius 2 is 1.70 bits per heavy atom. The average Bonchev–Trinajstić information content (AvgIpc) is 2.90. The van der Waals surface area contributed by atoms with E-state index < -0.39 is 27.6 Å². The number of fused-ring (bicyclic) bond motifs is 1. The van der Waals surface area contributed by atoms with E-state index in [1.165, 1.54) is 12.1 Å². The van der Waals surface area contributed by atoms with Crippen molar-refractivity contribution in [3.63, 3.8) is 0 Å². The van der Waals surface area contributed by atoms with Crippen LogP contribution in [0.1, 0.15) is 39.1 Å². The number of sulfone groups is 1. The summed E-state index contributed by atoms with van der Waals surface area (Å²) in [6.45, 7) is 0. The number of carbonyl (C=O) groups excluding carboxylic acids is 3. The van der Waals surface area contributed by atoms with Gasteiger partial charge in [-0.3, -0.25) is 19.7 Å². The summed E-state index contributed by atoms with van der Waals surface area (Å²) in [6.07, 6.45) is 0.161. The van der Waals surface area contributed by atoms with E-state index in [4.69, 9.17) is 0 Å². The molecule has 0 spiro atoms. The summed E-state index contributed by atoms with van der Waals surface area (Å²) in [5.74, 6) is -1.65. The molecule has 2 N–H and O–H groups in total. The van der Waals surface area contributed by atoms with E-state index in [9.17, 15) is 22.8 Å². The van der Waals surface area contributed by atoms with Crippen LogP contribution in [0.4, 0.5) is 5.69 Å². The molecule has 1 aliphatic rings. The lowest BCUT2D eigenvalue weighted by Crippen LogP contribution is -2.21. The summed E-state index contributed by atoms with van der Waals surface area (Å²) in [6, 6.07) is 13.4. The quantitative estimate of drug-likeness (QED) is 0.707. The fourth-order valence-electron chi connectivity index (χ4n) is 2.89. The van der Waals surface area contributed by atoms with Gasteiger partial charge in [0.25, 0.3) is 11.8 Å². The number of amides is 3. The molecule has 8 heteroatoms. The van der Waals surface area contributed by atoms with Crippen LogP contribution in [0.25, 0.3) is 0 Å². The van der Waals surface area contributed by atoms with Crippen LogP contribution in [0.5, 0.6) is 0 Å². The normalized spacial score (nSPS) is 13.2. The minimum atomic E-state index is -3.32. The summed E-state index contributed by atoms with van der Waals surface area (Å²) in [5.41, 5.74) is 1.29. The highest BCUT2D eigenvalue weighted by molar-refractivity contribution is 7.90. The van der Waals surface area contributed by atoms with Crippen molar-refractivity contribution in [3.05, 3.63) is 65.2 Å². The van der Waals surface area contributed by atoms with Crippen LogP contribution in [0.3, 0.4) is 0 Å². The van der Waals surface area contributed by atoms with E-state index in [1.54, 1.807) is 30.3 Å². The number of benzene rings is 2. The topological polar surface area (TPSA) is 109 Å². The van der Waals surface area contributed by atoms with Crippen LogP contribution in [0.15, 0.2) is 48.5 Å². The van der Waals surface area contributed by atoms with Gasteiger partial charge in [-0.1, -0.05) is 36.4 Å². The summed E-state index contributed by atoms with van der Waals surface area (Å²) in [7, 11) is -3.32. The number of rotatable bonds is 7. The maximum Gasteiger partial charge on any atom is 0.261 e. The maximum absolute atomic E-state index is 12.2. The van der Waals surface area contributed by atoms with Crippen molar-refractivity contribution < 1.29 is 22.8 Å². The third-order valence-electron chi connectivity index (χ3n) is 4.13. The Morgan fingerprint density at radius 3 is 2.44 bits per heavy atom. The van der Waals surface area contributed by atoms with Gasteiger partial charge in [0.2, 0.25) is 5.91 Å². The standard InChI is InChI=1S/C19H18N2O5S/c22-16(10-5-11-27(25,26)12-13-6-2-1-3-7-13)20-15-9-4-8-14-17(15)19(24)21-18(14)23/h1-4,6-9H,5,10-12H2,(H,20,22)(H,21,23,24). The average molecular weight is 386 g/mol. The number of anilines is 1. The molecule has 140 valence electrons. The fraction of sp³-hybridized carbons (Fsp3) is 0.211. The van der Waals surface area contributed by atoms with E-state index in [0.29, 0.717) is 5.56 Å². The van der Waals surface area contributed by atoms with Crippen LogP contribution >= 0.6 is 0 Å². The first kappa shape index (κ1) is 18.8. The fourth-order valence-corrected chi connectivity index (χ4v) is 4.32. The van der Waals surface area contributed by atoms with E-state index >= 15 is 0 Å². The molecule has 0 aliphatic carbocycles. The Labute approximate surface area is 156 Å². The van der Waals surface area contributed by atoms with Crippen molar-refractivity contribution in [3.8, 4) is 0 Å². The molecule has 2 aromatic rings. The van der Waals surface area contributed by atoms with Gasteiger partial charge >= 0.3 is 0 Å². The lowest BCUT2D eigenvalue weighted by Gasteiger charge is -2.08. The Bertz CT molecular complexity index is 1000. The third kappa shape index (κ3) is 4.59. The molecule has 0 radical (unpaired) electrons. The van der Waals surface area contributed by atoms with Gasteiger partial charge in [0.15, 0.2) is 9.84 Å². The molecule has 27 heavy (non-hydrogen) atoms. The second-order valence-electron chi connectivity index (χ2n) is 6.24. The number of hydrogen-bond donors (Lipinski definition) is 2. The minimum absolute atomic E-state index is 0.00669. The summed E-state index contributed by atoms with van der Waals surface area (Å²) >= 11 is 0. The Morgan fingerprint density at radius 1 is 0.963 bits per heavy atom. The largest absolute Gasteiger partial charge is 0.325 e. The van der Waals surface area contributed by atoms with Crippen LogP contribution in [-0.2, 0) is 20.4 Å². The zero-order valence-electron chi connectivity index (χ0n) is 14.4. The molecular weight excluding hydrogens is 368 g/mol. The van der Waals surface area contributed by atoms with Crippen molar-refractivity contribution in [1.82, 2.24) is 5.32 Å². The van der Waals surface area contributed by atoms with Crippen LogP contribution in [0, 0.1) is 0 Å². The molecule has 1 heterocycles. The number of carbonyl (C=O) groups is 3. The second-order valence-corrected chi connectivity index (χ2v) is 8.42. The van der Waals surface area contributed by atoms with E-state index in [-0.39, 0.29) is 41.2 Å². The SMILES string of the molecule is O=C(CCCS(=O)(=O)Cc1ccccc1)Nc1cccc2c1C(=O)NC2=O. The molecule has 0 fully saturated rings. The molecule has 0 unspecified atom stereocenters. The molecule has 0 aromatic heterocycles. The number of imide groups is 1. The van der Waals surface area contributed by atoms with Crippen LogP contribution in [0.2, 0.25) is 0 Å². The van der Waals surface area contributed by atoms with E-state index in [1.807, 2.05) is 6.07 Å². The van der Waals surface area contributed by atoms with Crippen molar-refractivity contribution in [2.75, 3.05) is 11.1 Å². The molecule has 7 nitrogen and oxygen atoms in total. The molecule has 0 saturated carbocycles. The van der Waals surface area contributed by atoms with E-state index in [0.717, 1.165) is 0 Å². The Hall–Kier alpha value is -3.00. The molecule has 1 aliphatic heterocycles. The van der Waals surface area contributed by atoms with Crippen molar-refractivity contribution in [2.24, 2.45) is 0 Å². The Balaban J connectivity index is 1.55. The smallest absolute Gasteiger partial charge is 0.261 e. The molecule has 3 amide bonds. The lowest BCUT2D eigenvalue weighted by atomic mass is 10.1. The first-order valence-electron chi connectivity index (χ1n) is 8.38. The van der Waals surface area contributed by atoms with E-state index in [2.05, 4.69) is 10.6 Å². The highest BCUT2D eigenvalue weighted by Crippen LogP contribution is 2.24. The molecule has 2 aromatic carbocycles. The Kier molecular flexibility index (Phi) is 5.36. The predicted octanol–water partition coefficient (Wildman–Crippen LogP) is 1.90. The predicted molar refractivity (Wildman–Crippen MR) is 100 cm³/mol. The summed E-state index contributed by atoms with van der Waals surface area (Å²) in [4.78, 5) is 35.6. The third-order valence-corrected chi connectivity index (χ3v) is 5.81. The van der Waals surface area contributed by atoms with Crippen LogP contribution < -0.4 is 10.6 Å². The first-order chi connectivity index (χ1) is 12.9. The number of nitrogens with one attached hydrogen (secondary N) is 2. The molecular formula is C19H18N2O5S. The van der Waals surface area contributed by atoms with Gasteiger partial charge in [0.05, 0.1) is 28.3 Å². The van der Waals surface area contributed by atoms with Gasteiger partial charge in [-0.25, -0.2) is 8.42 Å². The van der Waals surface area contributed by atoms with Crippen molar-refractivity contribution in [2.45, 2.75) is 18.6 Å². The second kappa shape index (κ2) is 7.71. The van der Waals surface area contributed by atoms with Crippen molar-refractivity contribution in [1.29, 1.82) is 0 Å². The van der Waals surface area contributed by atoms with Gasteiger partial charge in [0.1, 0.15) is 0 Å². The molecule has 0 bridgehead atoms. The van der Waals surface area contributed by atoms with Gasteiger partial charge in [-0.15, -0.1) is 0 Å². The highest BCUT2D eigenvalue weighted by atomic mass is 32.2. The zero-order chi connectivity index (χ0) is 19.4. The monoisotopic (exact) mass is 386 g/mol. The van der Waals surface area contributed by atoms with Gasteiger partial charge in [-0.2, -0.15) is 0 Å². The lowest BCUT2D eigenvalue weighted by molar-refractivity contribution is -0.116. The number of hydrogen-bond acceptors (Lipinski definition) is 5. The zero-order valence-corrected chi connectivity index (χ0v) is 15.2. The summed E-state index contributed by atoms with van der Waals surface area (Å²) < 4.78 is 24.3. The van der Waals surface area contributed by atoms with Gasteiger partial charge < -0.3 is 5.32 Å². The van der Waals surface area contributed by atoms with Gasteiger partial charge in [-0.05, 0) is 24.1 Å². The maximum atomic E-state index is 12.2. The highest BCUT2D eigenvalue weighted by Gasteiger charge is 2.29. The summed E-state index contributed by atoms with van der Waals surface area (Å²) in [5, 5.41) is 4.76. The van der Waals surface area contributed by atoms with Crippen molar-refractivity contribution >= 4 is 33.2 Å². The first-order valence-corrected chi connectivity index (χ1v) is 10.2.